The van der Waals surface area contributed by atoms with E-state index in [1.54, 1.807) is 19.4 Å². The molecule has 7 nitrogen and oxygen atoms in total. The molecule has 0 saturated carbocycles. The summed E-state index contributed by atoms with van der Waals surface area (Å²) in [5, 5.41) is 6.17. The molecule has 0 radical (unpaired) electrons. The smallest absolute Gasteiger partial charge is 0.251 e. The molecule has 7 heteroatoms. The molecule has 3 N–H and O–H groups in total. The van der Waals surface area contributed by atoms with E-state index in [-0.39, 0.29) is 5.91 Å². The Bertz CT molecular complexity index is 920. The number of hydrogen-bond acceptors (Lipinski definition) is 5. The number of fused-ring (bicyclic) bond motifs is 1. The molecule has 2 aromatic heterocycles. The Balaban J connectivity index is 1.86. The fourth-order valence-electron chi connectivity index (χ4n) is 2.68. The first-order valence-corrected chi connectivity index (χ1v) is 9.04. The van der Waals surface area contributed by atoms with E-state index >= 15 is 0 Å². The second-order valence-corrected chi connectivity index (χ2v) is 6.75. The lowest BCUT2D eigenvalue weighted by Crippen LogP contribution is -2.26. The number of carbonyl (C=O) groups is 1. The van der Waals surface area contributed by atoms with Gasteiger partial charge < -0.3 is 20.4 Å². The lowest BCUT2D eigenvalue weighted by atomic mass is 10.1. The van der Waals surface area contributed by atoms with Crippen molar-refractivity contribution in [1.82, 2.24) is 20.3 Å². The summed E-state index contributed by atoms with van der Waals surface area (Å²) in [6.07, 6.45) is 1.76. The molecular weight excluding hydrogens is 342 g/mol. The standard InChI is InChI=1S/C20H25N5O2/c1-13(2)12-23-19-17-16(7-8-21-19)24-18(25-17)14-5-4-6-15(11-14)20(26)22-9-10-27-3/h4-8,11,13H,9-10,12H2,1-3H3,(H,21,23)(H,22,26)(H,24,25). The van der Waals surface area contributed by atoms with Crippen molar-refractivity contribution in [2.45, 2.75) is 13.8 Å². The highest BCUT2D eigenvalue weighted by molar-refractivity contribution is 5.95. The molecule has 0 unspecified atom stereocenters. The molecule has 27 heavy (non-hydrogen) atoms. The number of aromatic nitrogens is 3. The van der Waals surface area contributed by atoms with Crippen LogP contribution in [0.1, 0.15) is 24.2 Å². The van der Waals surface area contributed by atoms with Crippen LogP contribution in [-0.4, -0.2) is 47.7 Å². The van der Waals surface area contributed by atoms with Gasteiger partial charge in [-0.25, -0.2) is 9.97 Å². The van der Waals surface area contributed by atoms with Crippen LogP contribution in [0.2, 0.25) is 0 Å². The number of hydrogen-bond donors (Lipinski definition) is 3. The lowest BCUT2D eigenvalue weighted by molar-refractivity contribution is 0.0937. The number of ether oxygens (including phenoxy) is 1. The largest absolute Gasteiger partial charge is 0.383 e. The first kappa shape index (κ1) is 18.8. The van der Waals surface area contributed by atoms with Crippen molar-refractivity contribution >= 4 is 22.8 Å². The van der Waals surface area contributed by atoms with Gasteiger partial charge in [0.25, 0.3) is 5.91 Å². The van der Waals surface area contributed by atoms with Crippen molar-refractivity contribution in [3.63, 3.8) is 0 Å². The highest BCUT2D eigenvalue weighted by Gasteiger charge is 2.12. The minimum Gasteiger partial charge on any atom is -0.383 e. The Morgan fingerprint density at radius 2 is 2.15 bits per heavy atom. The van der Waals surface area contributed by atoms with Gasteiger partial charge in [0.2, 0.25) is 0 Å². The number of anilines is 1. The van der Waals surface area contributed by atoms with E-state index in [4.69, 9.17) is 9.72 Å². The van der Waals surface area contributed by atoms with Gasteiger partial charge in [0, 0.05) is 37.5 Å². The Labute approximate surface area is 158 Å². The zero-order valence-electron chi connectivity index (χ0n) is 15.9. The normalized spacial score (nSPS) is 11.1. The van der Waals surface area contributed by atoms with Crippen molar-refractivity contribution in [3.05, 3.63) is 42.1 Å². The van der Waals surface area contributed by atoms with Crippen LogP contribution in [0, 0.1) is 5.92 Å². The van der Waals surface area contributed by atoms with Gasteiger partial charge >= 0.3 is 0 Å². The quantitative estimate of drug-likeness (QED) is 0.532. The van der Waals surface area contributed by atoms with Crippen LogP contribution in [0.5, 0.6) is 0 Å². The molecule has 0 aliphatic rings. The summed E-state index contributed by atoms with van der Waals surface area (Å²) >= 11 is 0. The molecule has 1 amide bonds. The Kier molecular flexibility index (Phi) is 6.03. The van der Waals surface area contributed by atoms with Crippen molar-refractivity contribution in [2.24, 2.45) is 5.92 Å². The SMILES string of the molecule is COCCNC(=O)c1cccc(-c2nc3c(NCC(C)C)nccc3[nH]2)c1. The maximum Gasteiger partial charge on any atom is 0.251 e. The van der Waals surface area contributed by atoms with Crippen LogP contribution in [0.15, 0.2) is 36.5 Å². The number of nitrogens with one attached hydrogen (secondary N) is 3. The van der Waals surface area contributed by atoms with Gasteiger partial charge in [0.1, 0.15) is 11.3 Å². The number of benzene rings is 1. The number of H-pyrrole nitrogens is 1. The molecule has 3 rings (SSSR count). The fraction of sp³-hybridized carbons (Fsp3) is 0.350. The van der Waals surface area contributed by atoms with Gasteiger partial charge in [-0.05, 0) is 24.1 Å². The van der Waals surface area contributed by atoms with Gasteiger partial charge in [-0.3, -0.25) is 4.79 Å². The summed E-state index contributed by atoms with van der Waals surface area (Å²) < 4.78 is 4.96. The van der Waals surface area contributed by atoms with E-state index < -0.39 is 0 Å². The molecule has 1 aromatic carbocycles. The van der Waals surface area contributed by atoms with Gasteiger partial charge in [0.15, 0.2) is 5.82 Å². The summed E-state index contributed by atoms with van der Waals surface area (Å²) in [6.45, 7) is 6.07. The predicted octanol–water partition coefficient (Wildman–Crippen LogP) is 3.07. The fourth-order valence-corrected chi connectivity index (χ4v) is 2.68. The van der Waals surface area contributed by atoms with E-state index in [0.717, 1.165) is 29.0 Å². The van der Waals surface area contributed by atoms with Crippen LogP contribution in [-0.2, 0) is 4.74 Å². The van der Waals surface area contributed by atoms with Crippen LogP contribution < -0.4 is 10.6 Å². The highest BCUT2D eigenvalue weighted by atomic mass is 16.5. The topological polar surface area (TPSA) is 91.9 Å². The third-order valence-corrected chi connectivity index (χ3v) is 4.07. The summed E-state index contributed by atoms with van der Waals surface area (Å²) in [5.74, 6) is 1.84. The van der Waals surface area contributed by atoms with Crippen LogP contribution >= 0.6 is 0 Å². The third kappa shape index (κ3) is 4.62. The maximum absolute atomic E-state index is 12.3. The van der Waals surface area contributed by atoms with E-state index in [9.17, 15) is 4.79 Å². The van der Waals surface area contributed by atoms with Crippen molar-refractivity contribution in [1.29, 1.82) is 0 Å². The van der Waals surface area contributed by atoms with E-state index in [0.29, 0.717) is 30.5 Å². The zero-order chi connectivity index (χ0) is 19.2. The highest BCUT2D eigenvalue weighted by Crippen LogP contribution is 2.25. The Hall–Kier alpha value is -2.93. The zero-order valence-corrected chi connectivity index (χ0v) is 15.9. The molecule has 0 fully saturated rings. The molecule has 2 heterocycles. The van der Waals surface area contributed by atoms with Crippen molar-refractivity contribution < 1.29 is 9.53 Å². The summed E-state index contributed by atoms with van der Waals surface area (Å²) in [5.41, 5.74) is 3.13. The number of pyridine rings is 1. The number of amides is 1. The van der Waals surface area contributed by atoms with Gasteiger partial charge in [-0.2, -0.15) is 0 Å². The number of carbonyl (C=O) groups excluding carboxylic acids is 1. The van der Waals surface area contributed by atoms with Crippen molar-refractivity contribution in [3.8, 4) is 11.4 Å². The molecule has 0 bridgehead atoms. The van der Waals surface area contributed by atoms with Crippen LogP contribution in [0.4, 0.5) is 5.82 Å². The van der Waals surface area contributed by atoms with Crippen LogP contribution in [0.3, 0.4) is 0 Å². The second kappa shape index (κ2) is 8.64. The van der Waals surface area contributed by atoms with E-state index in [1.807, 2.05) is 24.3 Å². The maximum atomic E-state index is 12.3. The molecule has 142 valence electrons. The van der Waals surface area contributed by atoms with Gasteiger partial charge in [-0.1, -0.05) is 26.0 Å². The van der Waals surface area contributed by atoms with Crippen molar-refractivity contribution in [2.75, 3.05) is 32.1 Å². The molecule has 0 spiro atoms. The van der Waals surface area contributed by atoms with Crippen LogP contribution in [0.25, 0.3) is 22.4 Å². The second-order valence-electron chi connectivity index (χ2n) is 6.75. The van der Waals surface area contributed by atoms with Gasteiger partial charge in [-0.15, -0.1) is 0 Å². The third-order valence-electron chi connectivity index (χ3n) is 4.07. The number of methoxy groups -OCH3 is 1. The molecule has 0 aliphatic heterocycles. The number of nitrogens with zero attached hydrogens (tertiary/aromatic N) is 2. The molecule has 0 aliphatic carbocycles. The Morgan fingerprint density at radius 1 is 1.30 bits per heavy atom. The Morgan fingerprint density at radius 3 is 2.93 bits per heavy atom. The van der Waals surface area contributed by atoms with E-state index in [1.165, 1.54) is 0 Å². The van der Waals surface area contributed by atoms with E-state index in [2.05, 4.69) is 34.4 Å². The molecule has 0 atom stereocenters. The average molecular weight is 367 g/mol. The minimum absolute atomic E-state index is 0.133. The molecule has 3 aromatic rings. The summed E-state index contributed by atoms with van der Waals surface area (Å²) in [6, 6.07) is 9.29. The lowest BCUT2D eigenvalue weighted by Gasteiger charge is -2.07. The first-order chi connectivity index (χ1) is 13.1. The average Bonchev–Trinajstić information content (AvgIpc) is 3.11. The molecular formula is C20H25N5O2. The number of imidazole rings is 1. The number of rotatable bonds is 8. The number of aromatic amines is 1. The van der Waals surface area contributed by atoms with Gasteiger partial charge in [0.05, 0.1) is 12.1 Å². The predicted molar refractivity (Wildman–Crippen MR) is 107 cm³/mol. The summed E-state index contributed by atoms with van der Waals surface area (Å²) in [4.78, 5) is 24.7. The first-order valence-electron chi connectivity index (χ1n) is 9.04. The summed E-state index contributed by atoms with van der Waals surface area (Å²) in [7, 11) is 1.60. The minimum atomic E-state index is -0.133. The monoisotopic (exact) mass is 367 g/mol. The molecule has 0 saturated heterocycles.